The lowest BCUT2D eigenvalue weighted by Crippen LogP contribution is -2.29. The van der Waals surface area contributed by atoms with Gasteiger partial charge in [-0.3, -0.25) is 0 Å². The van der Waals surface area contributed by atoms with Crippen LogP contribution in [0.4, 0.5) is 13.2 Å². The van der Waals surface area contributed by atoms with Crippen molar-refractivity contribution in [3.63, 3.8) is 0 Å². The number of aryl methyl sites for hydroxylation is 1. The molecule has 0 aliphatic rings. The SMILES string of the molecule is C=C(C(C)C)[C@H](CNC(C)C)c1cc(C)cc(C(F)(F)F)c1. The summed E-state index contributed by atoms with van der Waals surface area (Å²) in [4.78, 5) is 0. The molecule has 1 nitrogen and oxygen atoms in total. The van der Waals surface area contributed by atoms with Crippen molar-refractivity contribution < 1.29 is 13.2 Å². The highest BCUT2D eigenvalue weighted by molar-refractivity contribution is 5.37. The van der Waals surface area contributed by atoms with Gasteiger partial charge in [0.1, 0.15) is 0 Å². The molecule has 0 saturated heterocycles. The summed E-state index contributed by atoms with van der Waals surface area (Å²) in [5.41, 5.74) is 1.66. The molecule has 1 aromatic carbocycles. The van der Waals surface area contributed by atoms with Crippen LogP contribution in [0.3, 0.4) is 0 Å². The minimum Gasteiger partial charge on any atom is -0.314 e. The van der Waals surface area contributed by atoms with Crippen molar-refractivity contribution in [2.45, 2.75) is 52.8 Å². The van der Waals surface area contributed by atoms with Crippen molar-refractivity contribution in [2.24, 2.45) is 5.92 Å². The first kappa shape index (κ1) is 18.8. The Morgan fingerprint density at radius 1 is 1.14 bits per heavy atom. The summed E-state index contributed by atoms with van der Waals surface area (Å²) >= 11 is 0. The van der Waals surface area contributed by atoms with Crippen LogP contribution in [0.25, 0.3) is 0 Å². The zero-order chi connectivity index (χ0) is 17.1. The van der Waals surface area contributed by atoms with E-state index in [9.17, 15) is 13.2 Å². The second-order valence-corrected chi connectivity index (χ2v) is 6.48. The predicted molar refractivity (Wildman–Crippen MR) is 86.0 cm³/mol. The van der Waals surface area contributed by atoms with E-state index in [2.05, 4.69) is 11.9 Å². The first-order valence-corrected chi connectivity index (χ1v) is 7.63. The van der Waals surface area contributed by atoms with Crippen molar-refractivity contribution in [3.05, 3.63) is 47.0 Å². The average Bonchev–Trinajstić information content (AvgIpc) is 2.36. The second-order valence-electron chi connectivity index (χ2n) is 6.48. The molecule has 0 fully saturated rings. The molecule has 22 heavy (non-hydrogen) atoms. The van der Waals surface area contributed by atoms with E-state index in [1.54, 1.807) is 6.92 Å². The summed E-state index contributed by atoms with van der Waals surface area (Å²) in [7, 11) is 0. The van der Waals surface area contributed by atoms with Gasteiger partial charge in [-0.15, -0.1) is 0 Å². The van der Waals surface area contributed by atoms with Gasteiger partial charge in [0.2, 0.25) is 0 Å². The van der Waals surface area contributed by atoms with Gasteiger partial charge in [-0.25, -0.2) is 0 Å². The van der Waals surface area contributed by atoms with Gasteiger partial charge in [0, 0.05) is 18.5 Å². The maximum Gasteiger partial charge on any atom is 0.416 e. The monoisotopic (exact) mass is 313 g/mol. The van der Waals surface area contributed by atoms with Crippen LogP contribution in [0.2, 0.25) is 0 Å². The predicted octanol–water partition coefficient (Wildman–Crippen LogP) is 5.31. The number of hydrogen-bond donors (Lipinski definition) is 1. The van der Waals surface area contributed by atoms with Crippen molar-refractivity contribution in [2.75, 3.05) is 6.54 Å². The first-order chi connectivity index (χ1) is 10.0. The van der Waals surface area contributed by atoms with E-state index in [1.807, 2.05) is 33.8 Å². The summed E-state index contributed by atoms with van der Waals surface area (Å²) in [6, 6.07) is 4.55. The molecule has 1 rings (SSSR count). The highest BCUT2D eigenvalue weighted by Gasteiger charge is 2.32. The molecule has 0 aromatic heterocycles. The van der Waals surface area contributed by atoms with E-state index < -0.39 is 11.7 Å². The van der Waals surface area contributed by atoms with Gasteiger partial charge in [0.05, 0.1) is 5.56 Å². The van der Waals surface area contributed by atoms with Crippen LogP contribution in [0.5, 0.6) is 0 Å². The van der Waals surface area contributed by atoms with Gasteiger partial charge in [0.25, 0.3) is 0 Å². The van der Waals surface area contributed by atoms with E-state index in [1.165, 1.54) is 12.1 Å². The van der Waals surface area contributed by atoms with Gasteiger partial charge in [-0.05, 0) is 30.5 Å². The van der Waals surface area contributed by atoms with E-state index in [0.29, 0.717) is 17.7 Å². The quantitative estimate of drug-likeness (QED) is 0.702. The Bertz CT molecular complexity index is 516. The Morgan fingerprint density at radius 2 is 1.73 bits per heavy atom. The molecule has 0 aliphatic heterocycles. The lowest BCUT2D eigenvalue weighted by Gasteiger charge is -2.25. The van der Waals surface area contributed by atoms with Crippen molar-refractivity contribution in [3.8, 4) is 0 Å². The van der Waals surface area contributed by atoms with Crippen LogP contribution in [-0.4, -0.2) is 12.6 Å². The van der Waals surface area contributed by atoms with Gasteiger partial charge in [-0.2, -0.15) is 13.2 Å². The Kier molecular flexibility index (Phi) is 6.24. The van der Waals surface area contributed by atoms with Crippen LogP contribution in [-0.2, 0) is 6.18 Å². The fourth-order valence-electron chi connectivity index (χ4n) is 2.40. The summed E-state index contributed by atoms with van der Waals surface area (Å²) in [5.74, 6) is 0.0946. The minimum atomic E-state index is -4.32. The Labute approximate surface area is 131 Å². The molecule has 1 aromatic rings. The molecule has 0 bridgehead atoms. The maximum absolute atomic E-state index is 13.0. The molecule has 0 spiro atoms. The summed E-state index contributed by atoms with van der Waals surface area (Å²) in [6.45, 7) is 14.5. The Hall–Kier alpha value is -1.29. The summed E-state index contributed by atoms with van der Waals surface area (Å²) < 4.78 is 39.1. The molecular weight excluding hydrogens is 287 g/mol. The highest BCUT2D eigenvalue weighted by Crippen LogP contribution is 2.35. The maximum atomic E-state index is 13.0. The molecule has 1 atom stereocenters. The summed E-state index contributed by atoms with van der Waals surface area (Å²) in [5, 5.41) is 3.32. The third-order valence-corrected chi connectivity index (χ3v) is 3.75. The molecular formula is C18H26F3N. The number of hydrogen-bond acceptors (Lipinski definition) is 1. The third kappa shape index (κ3) is 5.16. The normalized spacial score (nSPS) is 13.7. The van der Waals surface area contributed by atoms with Crippen molar-refractivity contribution >= 4 is 0 Å². The number of halogens is 3. The van der Waals surface area contributed by atoms with Crippen LogP contribution >= 0.6 is 0 Å². The molecule has 0 saturated carbocycles. The molecule has 1 N–H and O–H groups in total. The topological polar surface area (TPSA) is 12.0 Å². The van der Waals surface area contributed by atoms with Gasteiger partial charge in [0.15, 0.2) is 0 Å². The molecule has 124 valence electrons. The molecule has 4 heteroatoms. The standard InChI is InChI=1S/C18H26F3N/c1-11(2)14(6)17(10-22-12(3)4)15-7-13(5)8-16(9-15)18(19,20)21/h7-9,11-12,17,22H,6,10H2,1-5H3/t17-/m0/s1. The zero-order valence-corrected chi connectivity index (χ0v) is 14.0. The minimum absolute atomic E-state index is 0.122. The van der Waals surface area contributed by atoms with Crippen LogP contribution < -0.4 is 5.32 Å². The highest BCUT2D eigenvalue weighted by atomic mass is 19.4. The summed E-state index contributed by atoms with van der Waals surface area (Å²) in [6.07, 6.45) is -4.32. The lowest BCUT2D eigenvalue weighted by atomic mass is 9.84. The number of nitrogens with one attached hydrogen (secondary N) is 1. The van der Waals surface area contributed by atoms with Crippen LogP contribution in [0.15, 0.2) is 30.4 Å². The molecule has 0 radical (unpaired) electrons. The van der Waals surface area contributed by atoms with Crippen LogP contribution in [0, 0.1) is 12.8 Å². The van der Waals surface area contributed by atoms with Gasteiger partial charge >= 0.3 is 6.18 Å². The lowest BCUT2D eigenvalue weighted by molar-refractivity contribution is -0.137. The zero-order valence-electron chi connectivity index (χ0n) is 14.0. The molecule has 0 heterocycles. The van der Waals surface area contributed by atoms with Crippen molar-refractivity contribution in [1.29, 1.82) is 0 Å². The van der Waals surface area contributed by atoms with E-state index in [0.717, 1.165) is 5.57 Å². The largest absolute Gasteiger partial charge is 0.416 e. The third-order valence-electron chi connectivity index (χ3n) is 3.75. The number of alkyl halides is 3. The van der Waals surface area contributed by atoms with E-state index >= 15 is 0 Å². The Morgan fingerprint density at radius 3 is 2.18 bits per heavy atom. The molecule has 0 amide bonds. The first-order valence-electron chi connectivity index (χ1n) is 7.63. The van der Waals surface area contributed by atoms with Gasteiger partial charge in [-0.1, -0.05) is 51.5 Å². The average molecular weight is 313 g/mol. The van der Waals surface area contributed by atoms with Crippen LogP contribution in [0.1, 0.15) is 50.3 Å². The smallest absolute Gasteiger partial charge is 0.314 e. The molecule has 0 unspecified atom stereocenters. The van der Waals surface area contributed by atoms with Crippen molar-refractivity contribution in [1.82, 2.24) is 5.32 Å². The second kappa shape index (κ2) is 7.32. The molecule has 0 aliphatic carbocycles. The number of benzene rings is 1. The van der Waals surface area contributed by atoms with E-state index in [-0.39, 0.29) is 17.9 Å². The fourth-order valence-corrected chi connectivity index (χ4v) is 2.40. The fraction of sp³-hybridized carbons (Fsp3) is 0.556. The van der Waals surface area contributed by atoms with Gasteiger partial charge < -0.3 is 5.32 Å². The number of rotatable bonds is 6. The van der Waals surface area contributed by atoms with E-state index in [4.69, 9.17) is 0 Å². The Balaban J connectivity index is 3.23.